The van der Waals surface area contributed by atoms with Crippen molar-refractivity contribution in [2.24, 2.45) is 0 Å². The van der Waals surface area contributed by atoms with Gasteiger partial charge in [-0.25, -0.2) is 9.97 Å². The first-order valence-electron chi connectivity index (χ1n) is 5.73. The number of nitrogens with zero attached hydrogens (tertiary/aromatic N) is 2. The Morgan fingerprint density at radius 1 is 1.16 bits per heavy atom. The number of aromatic nitrogens is 2. The first-order chi connectivity index (χ1) is 9.04. The van der Waals surface area contributed by atoms with Crippen molar-refractivity contribution in [3.8, 4) is 11.4 Å². The zero-order valence-corrected chi connectivity index (χ0v) is 13.5. The molecule has 0 atom stereocenters. The van der Waals surface area contributed by atoms with Gasteiger partial charge in [-0.15, -0.1) is 11.3 Å². The topological polar surface area (TPSA) is 25.8 Å². The van der Waals surface area contributed by atoms with E-state index < -0.39 is 0 Å². The van der Waals surface area contributed by atoms with Gasteiger partial charge in [-0.05, 0) is 47.5 Å². The summed E-state index contributed by atoms with van der Waals surface area (Å²) in [5.41, 5.74) is 4.19. The third-order valence-corrected chi connectivity index (χ3v) is 4.71. The summed E-state index contributed by atoms with van der Waals surface area (Å²) >= 11 is 11.4. The standard InChI is InChI=1S/C14H10BrClN2S/c1-7-3-8(2)12-10(4-7)13(16)18-14(17-12)9-5-11(15)19-6-9/h3-6H,1-2H3. The Morgan fingerprint density at radius 2 is 1.95 bits per heavy atom. The van der Waals surface area contributed by atoms with E-state index in [0.29, 0.717) is 11.0 Å². The molecule has 3 rings (SSSR count). The van der Waals surface area contributed by atoms with Gasteiger partial charge in [0.25, 0.3) is 0 Å². The van der Waals surface area contributed by atoms with Gasteiger partial charge in [0, 0.05) is 16.3 Å². The highest BCUT2D eigenvalue weighted by Crippen LogP contribution is 2.31. The van der Waals surface area contributed by atoms with Crippen molar-refractivity contribution >= 4 is 49.8 Å². The molecule has 2 heterocycles. The summed E-state index contributed by atoms with van der Waals surface area (Å²) in [7, 11) is 0. The van der Waals surface area contributed by atoms with Crippen LogP contribution in [0.4, 0.5) is 0 Å². The largest absolute Gasteiger partial charge is 0.228 e. The van der Waals surface area contributed by atoms with Crippen LogP contribution in [0, 0.1) is 13.8 Å². The van der Waals surface area contributed by atoms with E-state index in [0.717, 1.165) is 25.8 Å². The normalized spacial score (nSPS) is 11.2. The maximum atomic E-state index is 6.30. The quantitative estimate of drug-likeness (QED) is 0.548. The molecule has 5 heteroatoms. The zero-order chi connectivity index (χ0) is 13.6. The molecule has 0 aliphatic carbocycles. The maximum absolute atomic E-state index is 6.30. The monoisotopic (exact) mass is 352 g/mol. The molecule has 0 aliphatic heterocycles. The van der Waals surface area contributed by atoms with Gasteiger partial charge in [-0.1, -0.05) is 23.2 Å². The Kier molecular flexibility index (Phi) is 3.33. The van der Waals surface area contributed by atoms with E-state index in [2.05, 4.69) is 32.0 Å². The Hall–Kier alpha value is -0.970. The third-order valence-electron chi connectivity index (χ3n) is 2.91. The fourth-order valence-corrected chi connectivity index (χ4v) is 3.47. The van der Waals surface area contributed by atoms with E-state index in [1.165, 1.54) is 5.56 Å². The summed E-state index contributed by atoms with van der Waals surface area (Å²) in [6.45, 7) is 4.10. The lowest BCUT2D eigenvalue weighted by Crippen LogP contribution is -1.93. The lowest BCUT2D eigenvalue weighted by atomic mass is 10.1. The zero-order valence-electron chi connectivity index (χ0n) is 10.4. The molecular weight excluding hydrogens is 344 g/mol. The van der Waals surface area contributed by atoms with Gasteiger partial charge in [0.15, 0.2) is 5.82 Å². The predicted molar refractivity (Wildman–Crippen MR) is 85.0 cm³/mol. The summed E-state index contributed by atoms with van der Waals surface area (Å²) < 4.78 is 1.06. The van der Waals surface area contributed by atoms with E-state index in [1.54, 1.807) is 11.3 Å². The summed E-state index contributed by atoms with van der Waals surface area (Å²) in [5.74, 6) is 0.673. The van der Waals surface area contributed by atoms with Crippen LogP contribution < -0.4 is 0 Å². The highest BCUT2D eigenvalue weighted by Gasteiger charge is 2.11. The summed E-state index contributed by atoms with van der Waals surface area (Å²) in [4.78, 5) is 9.06. The van der Waals surface area contributed by atoms with Crippen molar-refractivity contribution in [3.05, 3.63) is 43.6 Å². The van der Waals surface area contributed by atoms with Gasteiger partial charge < -0.3 is 0 Å². The first kappa shape index (κ1) is 13.0. The van der Waals surface area contributed by atoms with Crippen molar-refractivity contribution in [2.75, 3.05) is 0 Å². The molecular formula is C14H10BrClN2S. The molecule has 0 amide bonds. The van der Waals surface area contributed by atoms with Crippen LogP contribution >= 0.6 is 38.9 Å². The van der Waals surface area contributed by atoms with Crippen LogP contribution in [-0.4, -0.2) is 9.97 Å². The second kappa shape index (κ2) is 4.85. The fourth-order valence-electron chi connectivity index (χ4n) is 2.11. The van der Waals surface area contributed by atoms with Crippen molar-refractivity contribution in [3.63, 3.8) is 0 Å². The second-order valence-corrected chi connectivity index (χ2v) is 7.10. The molecule has 2 aromatic heterocycles. The van der Waals surface area contributed by atoms with Crippen LogP contribution in [0.25, 0.3) is 22.3 Å². The average Bonchev–Trinajstić information content (AvgIpc) is 2.77. The van der Waals surface area contributed by atoms with Crippen molar-refractivity contribution in [1.82, 2.24) is 9.97 Å². The molecule has 96 valence electrons. The Balaban J connectivity index is 2.30. The number of aryl methyl sites for hydroxylation is 2. The van der Waals surface area contributed by atoms with Crippen molar-refractivity contribution < 1.29 is 0 Å². The number of thiophene rings is 1. The molecule has 0 aliphatic rings. The molecule has 0 saturated heterocycles. The smallest absolute Gasteiger partial charge is 0.162 e. The van der Waals surface area contributed by atoms with E-state index in [9.17, 15) is 0 Å². The number of rotatable bonds is 1. The lowest BCUT2D eigenvalue weighted by Gasteiger charge is -2.07. The molecule has 0 N–H and O–H groups in total. The number of hydrogen-bond donors (Lipinski definition) is 0. The van der Waals surface area contributed by atoms with Crippen molar-refractivity contribution in [1.29, 1.82) is 0 Å². The van der Waals surface area contributed by atoms with Crippen molar-refractivity contribution in [2.45, 2.75) is 13.8 Å². The number of hydrogen-bond acceptors (Lipinski definition) is 3. The van der Waals surface area contributed by atoms with Crippen LogP contribution in [0.15, 0.2) is 27.4 Å². The van der Waals surface area contributed by atoms with E-state index in [-0.39, 0.29) is 0 Å². The first-order valence-corrected chi connectivity index (χ1v) is 7.78. The van der Waals surface area contributed by atoms with Gasteiger partial charge >= 0.3 is 0 Å². The highest BCUT2D eigenvalue weighted by atomic mass is 79.9. The summed E-state index contributed by atoms with van der Waals surface area (Å²) in [6, 6.07) is 6.14. The molecule has 1 aromatic carbocycles. The highest BCUT2D eigenvalue weighted by molar-refractivity contribution is 9.11. The molecule has 0 bridgehead atoms. The molecule has 0 spiro atoms. The lowest BCUT2D eigenvalue weighted by molar-refractivity contribution is 1.22. The Morgan fingerprint density at radius 3 is 2.63 bits per heavy atom. The predicted octanol–water partition coefficient (Wildman–Crippen LogP) is 5.39. The van der Waals surface area contributed by atoms with Gasteiger partial charge in [0.1, 0.15) is 5.15 Å². The molecule has 0 radical (unpaired) electrons. The van der Waals surface area contributed by atoms with Crippen LogP contribution in [0.2, 0.25) is 5.15 Å². The SMILES string of the molecule is Cc1cc(C)c2nc(-c3csc(Br)c3)nc(Cl)c2c1. The van der Waals surface area contributed by atoms with Crippen LogP contribution in [-0.2, 0) is 0 Å². The summed E-state index contributed by atoms with van der Waals surface area (Å²) in [6.07, 6.45) is 0. The third kappa shape index (κ3) is 2.40. The molecule has 19 heavy (non-hydrogen) atoms. The second-order valence-electron chi connectivity index (χ2n) is 4.46. The van der Waals surface area contributed by atoms with Crippen LogP contribution in [0.1, 0.15) is 11.1 Å². The maximum Gasteiger partial charge on any atom is 0.162 e. The van der Waals surface area contributed by atoms with E-state index in [1.807, 2.05) is 31.4 Å². The minimum atomic E-state index is 0.508. The molecule has 0 saturated carbocycles. The van der Waals surface area contributed by atoms with Gasteiger partial charge in [0.05, 0.1) is 9.30 Å². The number of benzene rings is 1. The molecule has 2 nitrogen and oxygen atoms in total. The van der Waals surface area contributed by atoms with Gasteiger partial charge in [-0.3, -0.25) is 0 Å². The van der Waals surface area contributed by atoms with Gasteiger partial charge in [0.2, 0.25) is 0 Å². The van der Waals surface area contributed by atoms with Crippen LogP contribution in [0.3, 0.4) is 0 Å². The number of fused-ring (bicyclic) bond motifs is 1. The average molecular weight is 354 g/mol. The minimum Gasteiger partial charge on any atom is -0.228 e. The number of halogens is 2. The Bertz CT molecular complexity index is 782. The fraction of sp³-hybridized carbons (Fsp3) is 0.143. The molecule has 0 fully saturated rings. The summed E-state index contributed by atoms with van der Waals surface area (Å²) in [5, 5.41) is 3.44. The molecule has 0 unspecified atom stereocenters. The van der Waals surface area contributed by atoms with E-state index >= 15 is 0 Å². The Labute approximate surface area is 128 Å². The molecule has 3 aromatic rings. The van der Waals surface area contributed by atoms with Gasteiger partial charge in [-0.2, -0.15) is 0 Å². The minimum absolute atomic E-state index is 0.508. The van der Waals surface area contributed by atoms with Crippen LogP contribution in [0.5, 0.6) is 0 Å². The van der Waals surface area contributed by atoms with E-state index in [4.69, 9.17) is 11.6 Å².